The predicted octanol–water partition coefficient (Wildman–Crippen LogP) is 1.67. The first-order valence-electron chi connectivity index (χ1n) is 10.3. The summed E-state index contributed by atoms with van der Waals surface area (Å²) in [6.45, 7) is 3.08. The molecule has 1 fully saturated rings. The molecule has 30 heavy (non-hydrogen) atoms. The van der Waals surface area contributed by atoms with Crippen molar-refractivity contribution in [2.45, 2.75) is 38.6 Å². The largest absolute Gasteiger partial charge is 0.393 e. The summed E-state index contributed by atoms with van der Waals surface area (Å²) in [6.07, 6.45) is 2.75. The summed E-state index contributed by atoms with van der Waals surface area (Å²) < 4.78 is 1.44. The van der Waals surface area contributed by atoms with Crippen LogP contribution in [0.2, 0.25) is 0 Å². The Kier molecular flexibility index (Phi) is 6.21. The standard InChI is InChI=1S/C23H26N4O3/c28-19-9-11-26(12-10-19)15-18-7-5-17(6-8-18)13-25-22(29)16-27-21-4-2-1-3-20(21)24-14-23(27)30/h1-8,14,19,28H,9-13,15-16H2,(H,25,29). The number of nitrogens with one attached hydrogen (secondary N) is 1. The number of piperidine rings is 1. The number of rotatable bonds is 6. The molecule has 156 valence electrons. The van der Waals surface area contributed by atoms with Gasteiger partial charge in [0, 0.05) is 26.2 Å². The van der Waals surface area contributed by atoms with Gasteiger partial charge in [0.05, 0.1) is 23.3 Å². The van der Waals surface area contributed by atoms with Crippen molar-refractivity contribution in [3.63, 3.8) is 0 Å². The number of likely N-dealkylation sites (tertiary alicyclic amines) is 1. The maximum Gasteiger partial charge on any atom is 0.269 e. The minimum absolute atomic E-state index is 0.0409. The SMILES string of the molecule is O=C(Cn1c(=O)cnc2ccccc21)NCc1ccc(CN2CCC(O)CC2)cc1. The van der Waals surface area contributed by atoms with E-state index in [0.29, 0.717) is 17.6 Å². The first-order valence-corrected chi connectivity index (χ1v) is 10.3. The number of carbonyl (C=O) groups excluding carboxylic acids is 1. The maximum absolute atomic E-state index is 12.4. The van der Waals surface area contributed by atoms with Gasteiger partial charge >= 0.3 is 0 Å². The predicted molar refractivity (Wildman–Crippen MR) is 115 cm³/mol. The lowest BCUT2D eigenvalue weighted by molar-refractivity contribution is -0.121. The van der Waals surface area contributed by atoms with Crippen LogP contribution in [0.25, 0.3) is 11.0 Å². The first-order chi connectivity index (χ1) is 14.6. The lowest BCUT2D eigenvalue weighted by Crippen LogP contribution is -2.35. The molecule has 0 unspecified atom stereocenters. The van der Waals surface area contributed by atoms with Gasteiger partial charge in [-0.05, 0) is 36.1 Å². The van der Waals surface area contributed by atoms with Crippen molar-refractivity contribution in [2.75, 3.05) is 13.1 Å². The molecule has 0 bridgehead atoms. The summed E-state index contributed by atoms with van der Waals surface area (Å²) in [5, 5.41) is 12.5. The highest BCUT2D eigenvalue weighted by molar-refractivity contribution is 5.79. The summed E-state index contributed by atoms with van der Waals surface area (Å²) in [4.78, 5) is 31.0. The molecule has 0 aliphatic carbocycles. The Labute approximate surface area is 175 Å². The molecule has 2 N–H and O–H groups in total. The number of nitrogens with zero attached hydrogens (tertiary/aromatic N) is 3. The number of aliphatic hydroxyl groups excluding tert-OH is 1. The van der Waals surface area contributed by atoms with E-state index in [0.717, 1.165) is 38.0 Å². The van der Waals surface area contributed by atoms with Crippen LogP contribution in [0.5, 0.6) is 0 Å². The van der Waals surface area contributed by atoms with E-state index in [-0.39, 0.29) is 24.1 Å². The molecule has 1 amide bonds. The molecule has 1 aliphatic rings. The monoisotopic (exact) mass is 406 g/mol. The summed E-state index contributed by atoms with van der Waals surface area (Å²) in [5.41, 5.74) is 3.27. The van der Waals surface area contributed by atoms with E-state index in [9.17, 15) is 14.7 Å². The summed E-state index contributed by atoms with van der Waals surface area (Å²) in [5.74, 6) is -0.218. The fourth-order valence-electron chi connectivity index (χ4n) is 3.78. The molecule has 0 saturated carbocycles. The minimum Gasteiger partial charge on any atom is -0.393 e. The van der Waals surface area contributed by atoms with Gasteiger partial charge in [-0.2, -0.15) is 0 Å². The Morgan fingerprint density at radius 3 is 2.53 bits per heavy atom. The van der Waals surface area contributed by atoms with E-state index < -0.39 is 0 Å². The van der Waals surface area contributed by atoms with Crippen LogP contribution >= 0.6 is 0 Å². The molecule has 4 rings (SSSR count). The third-order valence-corrected chi connectivity index (χ3v) is 5.53. The van der Waals surface area contributed by atoms with Gasteiger partial charge in [0.25, 0.3) is 5.56 Å². The molecule has 0 spiro atoms. The smallest absolute Gasteiger partial charge is 0.269 e. The molecule has 0 atom stereocenters. The molecule has 7 nitrogen and oxygen atoms in total. The zero-order valence-corrected chi connectivity index (χ0v) is 16.8. The lowest BCUT2D eigenvalue weighted by Gasteiger charge is -2.29. The number of para-hydroxylation sites is 2. The van der Waals surface area contributed by atoms with Gasteiger partial charge in [0.15, 0.2) is 0 Å². The molecule has 1 saturated heterocycles. The molecule has 3 aromatic rings. The zero-order valence-electron chi connectivity index (χ0n) is 16.8. The normalized spacial score (nSPS) is 15.4. The number of hydrogen-bond acceptors (Lipinski definition) is 5. The van der Waals surface area contributed by atoms with Crippen molar-refractivity contribution in [3.05, 3.63) is 76.2 Å². The van der Waals surface area contributed by atoms with Gasteiger partial charge in [0.1, 0.15) is 6.54 Å². The Hall–Kier alpha value is -3.03. The Bertz CT molecular complexity index is 1070. The van der Waals surface area contributed by atoms with Gasteiger partial charge in [-0.3, -0.25) is 19.1 Å². The van der Waals surface area contributed by atoms with Crippen LogP contribution in [0.1, 0.15) is 24.0 Å². The molecule has 1 aliphatic heterocycles. The van der Waals surface area contributed by atoms with Crippen LogP contribution in [0, 0.1) is 0 Å². The summed E-state index contributed by atoms with van der Waals surface area (Å²) >= 11 is 0. The fraction of sp³-hybridized carbons (Fsp3) is 0.348. The second-order valence-electron chi connectivity index (χ2n) is 7.77. The van der Waals surface area contributed by atoms with Crippen molar-refractivity contribution in [1.29, 1.82) is 0 Å². The molecular weight excluding hydrogens is 380 g/mol. The lowest BCUT2D eigenvalue weighted by atomic mass is 10.1. The molecule has 2 heterocycles. The van der Waals surface area contributed by atoms with Crippen LogP contribution in [-0.2, 0) is 24.4 Å². The maximum atomic E-state index is 12.4. The van der Waals surface area contributed by atoms with Gasteiger partial charge in [-0.15, -0.1) is 0 Å². The minimum atomic E-state index is -0.293. The van der Waals surface area contributed by atoms with Crippen LogP contribution in [-0.4, -0.2) is 44.7 Å². The van der Waals surface area contributed by atoms with Crippen LogP contribution in [0.3, 0.4) is 0 Å². The van der Waals surface area contributed by atoms with E-state index >= 15 is 0 Å². The van der Waals surface area contributed by atoms with Crippen molar-refractivity contribution in [2.24, 2.45) is 0 Å². The zero-order chi connectivity index (χ0) is 20.9. The van der Waals surface area contributed by atoms with Gasteiger partial charge in [0.2, 0.25) is 5.91 Å². The summed E-state index contributed by atoms with van der Waals surface area (Å²) in [7, 11) is 0. The van der Waals surface area contributed by atoms with E-state index in [4.69, 9.17) is 0 Å². The number of hydrogen-bond donors (Lipinski definition) is 2. The quantitative estimate of drug-likeness (QED) is 0.650. The Morgan fingerprint density at radius 2 is 1.77 bits per heavy atom. The molecule has 7 heteroatoms. The number of benzene rings is 2. The number of fused-ring (bicyclic) bond motifs is 1. The van der Waals surface area contributed by atoms with Crippen LogP contribution < -0.4 is 10.9 Å². The molecular formula is C23H26N4O3. The number of aromatic nitrogens is 2. The summed E-state index contributed by atoms with van der Waals surface area (Å²) in [6, 6.07) is 15.5. The second-order valence-corrected chi connectivity index (χ2v) is 7.77. The fourth-order valence-corrected chi connectivity index (χ4v) is 3.78. The topological polar surface area (TPSA) is 87.5 Å². The van der Waals surface area contributed by atoms with E-state index in [1.807, 2.05) is 30.3 Å². The molecule has 2 aromatic carbocycles. The number of aliphatic hydroxyl groups is 1. The van der Waals surface area contributed by atoms with Gasteiger partial charge in [-0.25, -0.2) is 4.98 Å². The van der Waals surface area contributed by atoms with E-state index in [1.54, 1.807) is 6.07 Å². The third-order valence-electron chi connectivity index (χ3n) is 5.53. The van der Waals surface area contributed by atoms with Crippen LogP contribution in [0.4, 0.5) is 0 Å². The van der Waals surface area contributed by atoms with Gasteiger partial charge in [-0.1, -0.05) is 36.4 Å². The van der Waals surface area contributed by atoms with Crippen molar-refractivity contribution in [1.82, 2.24) is 19.8 Å². The third kappa shape index (κ3) is 4.93. The number of carbonyl (C=O) groups is 1. The average molecular weight is 406 g/mol. The van der Waals surface area contributed by atoms with Crippen LogP contribution in [0.15, 0.2) is 59.5 Å². The highest BCUT2D eigenvalue weighted by atomic mass is 16.3. The van der Waals surface area contributed by atoms with Crippen molar-refractivity contribution >= 4 is 16.9 Å². The molecule has 0 radical (unpaired) electrons. The Balaban J connectivity index is 1.32. The number of amides is 1. The second kappa shape index (κ2) is 9.19. The van der Waals surface area contributed by atoms with E-state index in [2.05, 4.69) is 27.3 Å². The van der Waals surface area contributed by atoms with Crippen molar-refractivity contribution in [3.8, 4) is 0 Å². The first kappa shape index (κ1) is 20.3. The highest BCUT2D eigenvalue weighted by Gasteiger charge is 2.16. The molecule has 1 aromatic heterocycles. The highest BCUT2D eigenvalue weighted by Crippen LogP contribution is 2.14. The van der Waals surface area contributed by atoms with Crippen molar-refractivity contribution < 1.29 is 9.90 Å². The Morgan fingerprint density at radius 1 is 1.07 bits per heavy atom. The van der Waals surface area contributed by atoms with E-state index in [1.165, 1.54) is 16.3 Å². The van der Waals surface area contributed by atoms with Gasteiger partial charge < -0.3 is 10.4 Å². The average Bonchev–Trinajstić information content (AvgIpc) is 2.77.